The van der Waals surface area contributed by atoms with E-state index in [1.807, 2.05) is 13.1 Å². The van der Waals surface area contributed by atoms with E-state index in [0.717, 1.165) is 5.69 Å². The molecule has 1 aliphatic rings. The molecule has 1 aromatic rings. The monoisotopic (exact) mass is 190 g/mol. The lowest BCUT2D eigenvalue weighted by Gasteiger charge is -2.35. The average Bonchev–Trinajstić information content (AvgIpc) is 2.20. The number of rotatable bonds is 1. The van der Waals surface area contributed by atoms with Gasteiger partial charge in [-0.05, 0) is 45.2 Å². The van der Waals surface area contributed by atoms with Crippen molar-refractivity contribution in [2.45, 2.75) is 39.2 Å². The van der Waals surface area contributed by atoms with Crippen LogP contribution in [-0.4, -0.2) is 17.6 Å². The van der Waals surface area contributed by atoms with E-state index in [0.29, 0.717) is 6.04 Å². The Balaban J connectivity index is 2.16. The lowest BCUT2D eigenvalue weighted by Crippen LogP contribution is -2.37. The van der Waals surface area contributed by atoms with Crippen LogP contribution in [0, 0.1) is 6.92 Å². The molecule has 1 atom stereocenters. The zero-order valence-corrected chi connectivity index (χ0v) is 9.03. The van der Waals surface area contributed by atoms with E-state index in [1.54, 1.807) is 0 Å². The van der Waals surface area contributed by atoms with Crippen molar-refractivity contribution < 1.29 is 0 Å². The largest absolute Gasteiger partial charge is 0.368 e. The first-order valence-corrected chi connectivity index (χ1v) is 5.46. The standard InChI is InChI=1S/C12H18N2/c1-10-6-7-12(9-13-10)14-8-4-3-5-11(14)2/h6-7,9,11H,3-5,8H2,1-2H3. The molecule has 1 aromatic heterocycles. The van der Waals surface area contributed by atoms with Crippen LogP contribution in [0.2, 0.25) is 0 Å². The Hall–Kier alpha value is -1.05. The van der Waals surface area contributed by atoms with Crippen molar-refractivity contribution in [3.8, 4) is 0 Å². The van der Waals surface area contributed by atoms with Crippen LogP contribution in [0.25, 0.3) is 0 Å². The van der Waals surface area contributed by atoms with Crippen molar-refractivity contribution in [3.63, 3.8) is 0 Å². The maximum Gasteiger partial charge on any atom is 0.0555 e. The van der Waals surface area contributed by atoms with Crippen molar-refractivity contribution in [2.24, 2.45) is 0 Å². The van der Waals surface area contributed by atoms with Gasteiger partial charge in [-0.2, -0.15) is 0 Å². The smallest absolute Gasteiger partial charge is 0.0555 e. The molecule has 0 aliphatic carbocycles. The predicted molar refractivity (Wildman–Crippen MR) is 59.6 cm³/mol. The molecule has 0 radical (unpaired) electrons. The van der Waals surface area contributed by atoms with Crippen molar-refractivity contribution >= 4 is 5.69 Å². The quantitative estimate of drug-likeness (QED) is 0.677. The first kappa shape index (κ1) is 9.50. The zero-order chi connectivity index (χ0) is 9.97. The molecule has 0 N–H and O–H groups in total. The van der Waals surface area contributed by atoms with Crippen LogP contribution in [0.1, 0.15) is 31.9 Å². The molecule has 0 spiro atoms. The second kappa shape index (κ2) is 3.99. The van der Waals surface area contributed by atoms with E-state index >= 15 is 0 Å². The summed E-state index contributed by atoms with van der Waals surface area (Å²) in [5.74, 6) is 0. The van der Waals surface area contributed by atoms with E-state index in [2.05, 4.69) is 28.9 Å². The summed E-state index contributed by atoms with van der Waals surface area (Å²) in [4.78, 5) is 6.82. The van der Waals surface area contributed by atoms with Gasteiger partial charge >= 0.3 is 0 Å². The van der Waals surface area contributed by atoms with E-state index in [9.17, 15) is 0 Å². The number of hydrogen-bond acceptors (Lipinski definition) is 2. The molecule has 14 heavy (non-hydrogen) atoms. The van der Waals surface area contributed by atoms with Crippen LogP contribution in [0.15, 0.2) is 18.3 Å². The topological polar surface area (TPSA) is 16.1 Å². The van der Waals surface area contributed by atoms with Gasteiger partial charge in [0.15, 0.2) is 0 Å². The van der Waals surface area contributed by atoms with Gasteiger partial charge in [-0.15, -0.1) is 0 Å². The van der Waals surface area contributed by atoms with Crippen molar-refractivity contribution in [3.05, 3.63) is 24.0 Å². The number of anilines is 1. The minimum absolute atomic E-state index is 0.674. The van der Waals surface area contributed by atoms with Gasteiger partial charge in [-0.3, -0.25) is 4.98 Å². The zero-order valence-electron chi connectivity index (χ0n) is 9.03. The number of aromatic nitrogens is 1. The minimum atomic E-state index is 0.674. The van der Waals surface area contributed by atoms with Crippen LogP contribution in [0.3, 0.4) is 0 Å². The molecule has 76 valence electrons. The van der Waals surface area contributed by atoms with Crippen molar-refractivity contribution in [1.82, 2.24) is 4.98 Å². The lowest BCUT2D eigenvalue weighted by molar-refractivity contribution is 0.484. The number of piperidine rings is 1. The highest BCUT2D eigenvalue weighted by molar-refractivity contribution is 5.45. The van der Waals surface area contributed by atoms with Crippen LogP contribution < -0.4 is 4.90 Å². The van der Waals surface area contributed by atoms with Gasteiger partial charge in [0.1, 0.15) is 0 Å². The maximum atomic E-state index is 4.35. The fourth-order valence-electron chi connectivity index (χ4n) is 2.11. The molecule has 1 fully saturated rings. The third-order valence-electron chi connectivity index (χ3n) is 3.03. The summed E-state index contributed by atoms with van der Waals surface area (Å²) in [5, 5.41) is 0. The van der Waals surface area contributed by atoms with Crippen LogP contribution in [0.4, 0.5) is 5.69 Å². The normalized spacial score (nSPS) is 22.4. The first-order valence-electron chi connectivity index (χ1n) is 5.46. The van der Waals surface area contributed by atoms with Gasteiger partial charge in [-0.25, -0.2) is 0 Å². The number of hydrogen-bond donors (Lipinski definition) is 0. The highest BCUT2D eigenvalue weighted by Gasteiger charge is 2.18. The number of aryl methyl sites for hydroxylation is 1. The second-order valence-electron chi connectivity index (χ2n) is 4.20. The minimum Gasteiger partial charge on any atom is -0.368 e. The summed E-state index contributed by atoms with van der Waals surface area (Å²) in [7, 11) is 0. The maximum absolute atomic E-state index is 4.35. The highest BCUT2D eigenvalue weighted by atomic mass is 15.2. The van der Waals surface area contributed by atoms with E-state index in [4.69, 9.17) is 0 Å². The third kappa shape index (κ3) is 1.89. The molecule has 0 saturated carbocycles. The molecule has 2 rings (SSSR count). The first-order chi connectivity index (χ1) is 6.77. The Bertz CT molecular complexity index is 292. The summed E-state index contributed by atoms with van der Waals surface area (Å²) < 4.78 is 0. The van der Waals surface area contributed by atoms with Crippen molar-refractivity contribution in [1.29, 1.82) is 0 Å². The van der Waals surface area contributed by atoms with Gasteiger partial charge in [-0.1, -0.05) is 0 Å². The third-order valence-corrected chi connectivity index (χ3v) is 3.03. The van der Waals surface area contributed by atoms with Crippen molar-refractivity contribution in [2.75, 3.05) is 11.4 Å². The molecule has 0 amide bonds. The average molecular weight is 190 g/mol. The molecular formula is C12H18N2. The van der Waals surface area contributed by atoms with Crippen LogP contribution in [0.5, 0.6) is 0 Å². The Morgan fingerprint density at radius 2 is 2.21 bits per heavy atom. The molecule has 0 aromatic carbocycles. The molecule has 1 aliphatic heterocycles. The lowest BCUT2D eigenvalue weighted by atomic mass is 10.0. The second-order valence-corrected chi connectivity index (χ2v) is 4.20. The van der Waals surface area contributed by atoms with Gasteiger partial charge in [0, 0.05) is 18.3 Å². The molecule has 0 bridgehead atoms. The molecular weight excluding hydrogens is 172 g/mol. The summed E-state index contributed by atoms with van der Waals surface area (Å²) in [6.45, 7) is 5.52. The fourth-order valence-corrected chi connectivity index (χ4v) is 2.11. The molecule has 2 heteroatoms. The SMILES string of the molecule is Cc1ccc(N2CCCCC2C)cn1. The summed E-state index contributed by atoms with van der Waals surface area (Å²) in [6.07, 6.45) is 6.00. The van der Waals surface area contributed by atoms with E-state index in [-0.39, 0.29) is 0 Å². The number of nitrogens with zero attached hydrogens (tertiary/aromatic N) is 2. The predicted octanol–water partition coefficient (Wildman–Crippen LogP) is 2.77. The van der Waals surface area contributed by atoms with Crippen LogP contribution >= 0.6 is 0 Å². The van der Waals surface area contributed by atoms with Gasteiger partial charge in [0.05, 0.1) is 11.9 Å². The summed E-state index contributed by atoms with van der Waals surface area (Å²) >= 11 is 0. The Morgan fingerprint density at radius 3 is 2.86 bits per heavy atom. The molecule has 1 unspecified atom stereocenters. The molecule has 2 nitrogen and oxygen atoms in total. The molecule has 2 heterocycles. The Morgan fingerprint density at radius 1 is 1.36 bits per heavy atom. The van der Waals surface area contributed by atoms with E-state index < -0.39 is 0 Å². The highest BCUT2D eigenvalue weighted by Crippen LogP contribution is 2.23. The van der Waals surface area contributed by atoms with Crippen LogP contribution in [-0.2, 0) is 0 Å². The van der Waals surface area contributed by atoms with Gasteiger partial charge in [0.2, 0.25) is 0 Å². The van der Waals surface area contributed by atoms with Gasteiger partial charge in [0.25, 0.3) is 0 Å². The van der Waals surface area contributed by atoms with E-state index in [1.165, 1.54) is 31.5 Å². The summed E-state index contributed by atoms with van der Waals surface area (Å²) in [6, 6.07) is 4.95. The Labute approximate surface area is 86.0 Å². The summed E-state index contributed by atoms with van der Waals surface area (Å²) in [5.41, 5.74) is 2.38. The molecule has 1 saturated heterocycles. The number of pyridine rings is 1. The Kier molecular flexibility index (Phi) is 2.71. The fraction of sp³-hybridized carbons (Fsp3) is 0.583. The van der Waals surface area contributed by atoms with Gasteiger partial charge < -0.3 is 4.90 Å².